The lowest BCUT2D eigenvalue weighted by Crippen LogP contribution is -2.47. The van der Waals surface area contributed by atoms with Crippen molar-refractivity contribution >= 4 is 16.7 Å². The van der Waals surface area contributed by atoms with Gasteiger partial charge in [-0.15, -0.1) is 0 Å². The van der Waals surface area contributed by atoms with E-state index in [9.17, 15) is 13.9 Å². The largest absolute Gasteiger partial charge is 0.508 e. The molecule has 0 radical (unpaired) electrons. The summed E-state index contributed by atoms with van der Waals surface area (Å²) < 4.78 is 28.5. The molecule has 7 heteroatoms. The molecule has 1 fully saturated rings. The Balaban J connectivity index is 1.53. The third-order valence-electron chi connectivity index (χ3n) is 5.27. The summed E-state index contributed by atoms with van der Waals surface area (Å²) in [5.41, 5.74) is 2.12. The van der Waals surface area contributed by atoms with E-state index in [-0.39, 0.29) is 11.8 Å². The summed E-state index contributed by atoms with van der Waals surface area (Å²) in [5, 5.41) is 9.43. The van der Waals surface area contributed by atoms with E-state index in [0.717, 1.165) is 36.4 Å². The third-order valence-corrected chi connectivity index (χ3v) is 5.27. The molecule has 1 N–H and O–H groups in total. The van der Waals surface area contributed by atoms with Crippen molar-refractivity contribution in [1.29, 1.82) is 0 Å². The molecule has 1 aliphatic heterocycles. The number of rotatable bonds is 4. The number of hydrogen-bond donors (Lipinski definition) is 1. The van der Waals surface area contributed by atoms with Crippen LogP contribution < -0.4 is 4.90 Å². The summed E-state index contributed by atoms with van der Waals surface area (Å²) in [6.07, 6.45) is 0. The molecule has 142 valence electrons. The van der Waals surface area contributed by atoms with Crippen LogP contribution in [0.1, 0.15) is 25.3 Å². The van der Waals surface area contributed by atoms with Crippen molar-refractivity contribution in [2.24, 2.45) is 0 Å². The first kappa shape index (κ1) is 17.7. The number of imidazole rings is 1. The Hall–Kier alpha value is -2.67. The summed E-state index contributed by atoms with van der Waals surface area (Å²) in [7, 11) is 0. The van der Waals surface area contributed by atoms with Crippen molar-refractivity contribution in [3.8, 4) is 5.75 Å². The van der Waals surface area contributed by atoms with E-state index in [1.165, 1.54) is 0 Å². The van der Waals surface area contributed by atoms with Crippen molar-refractivity contribution < 1.29 is 13.9 Å². The number of hydrogen-bond acceptors (Lipinski definition) is 4. The fourth-order valence-electron chi connectivity index (χ4n) is 3.76. The lowest BCUT2D eigenvalue weighted by Gasteiger charge is -2.39. The van der Waals surface area contributed by atoms with Crippen LogP contribution in [0.4, 0.5) is 14.5 Å². The number of phenols is 1. The second-order valence-corrected chi connectivity index (χ2v) is 6.82. The van der Waals surface area contributed by atoms with Crippen LogP contribution in [0.15, 0.2) is 48.5 Å². The highest BCUT2D eigenvalue weighted by molar-refractivity contribution is 5.76. The number of phenolic OH excluding ortho intramolecular Hbond substituents is 1. The Morgan fingerprint density at radius 3 is 2.30 bits per heavy atom. The first-order chi connectivity index (χ1) is 13.0. The molecule has 1 atom stereocenters. The zero-order chi connectivity index (χ0) is 19.0. The molecule has 0 spiro atoms. The second-order valence-electron chi connectivity index (χ2n) is 6.82. The van der Waals surface area contributed by atoms with Gasteiger partial charge >= 0.3 is 6.55 Å². The fraction of sp³-hybridized carbons (Fsp3) is 0.350. The van der Waals surface area contributed by atoms with Crippen molar-refractivity contribution in [1.82, 2.24) is 14.5 Å². The van der Waals surface area contributed by atoms with Crippen LogP contribution in [0.3, 0.4) is 0 Å². The molecule has 0 bridgehead atoms. The summed E-state index contributed by atoms with van der Waals surface area (Å²) in [4.78, 5) is 8.92. The topological polar surface area (TPSA) is 44.5 Å². The van der Waals surface area contributed by atoms with E-state index < -0.39 is 6.55 Å². The first-order valence-corrected chi connectivity index (χ1v) is 9.07. The average molecular weight is 372 g/mol. The molecule has 3 aromatic rings. The number of benzene rings is 2. The summed E-state index contributed by atoms with van der Waals surface area (Å²) >= 11 is 0. The van der Waals surface area contributed by atoms with Crippen molar-refractivity contribution in [3.05, 3.63) is 54.4 Å². The fourth-order valence-corrected chi connectivity index (χ4v) is 3.76. The Bertz CT molecular complexity index is 917. The van der Waals surface area contributed by atoms with Gasteiger partial charge in [0.25, 0.3) is 0 Å². The molecular formula is C20H22F2N4O. The van der Waals surface area contributed by atoms with Crippen LogP contribution in [0, 0.1) is 0 Å². The van der Waals surface area contributed by atoms with E-state index in [2.05, 4.69) is 14.8 Å². The Morgan fingerprint density at radius 2 is 1.63 bits per heavy atom. The van der Waals surface area contributed by atoms with Crippen LogP contribution in [-0.4, -0.2) is 45.7 Å². The van der Waals surface area contributed by atoms with Gasteiger partial charge < -0.3 is 10.0 Å². The number of piperazine rings is 1. The SMILES string of the molecule is C[C@@H](c1nc2ccccc2n1C(F)F)N1CCN(c2ccc(O)cc2)CC1. The van der Waals surface area contributed by atoms with E-state index in [4.69, 9.17) is 0 Å². The molecule has 1 aromatic heterocycles. The molecule has 0 unspecified atom stereocenters. The summed E-state index contributed by atoms with van der Waals surface area (Å²) in [6.45, 7) is 2.43. The monoisotopic (exact) mass is 372 g/mol. The highest BCUT2D eigenvalue weighted by atomic mass is 19.3. The number of halogens is 2. The maximum atomic E-state index is 13.7. The molecule has 27 heavy (non-hydrogen) atoms. The van der Waals surface area contributed by atoms with Crippen molar-refractivity contribution in [2.45, 2.75) is 19.5 Å². The van der Waals surface area contributed by atoms with E-state index in [1.807, 2.05) is 25.1 Å². The Labute approximate surface area is 156 Å². The molecule has 2 heterocycles. The van der Waals surface area contributed by atoms with Crippen LogP contribution in [-0.2, 0) is 0 Å². The van der Waals surface area contributed by atoms with Crippen LogP contribution in [0.25, 0.3) is 11.0 Å². The maximum Gasteiger partial charge on any atom is 0.320 e. The highest BCUT2D eigenvalue weighted by Gasteiger charge is 2.28. The number of nitrogens with zero attached hydrogens (tertiary/aromatic N) is 4. The normalized spacial score (nSPS) is 17.0. The van der Waals surface area contributed by atoms with Crippen molar-refractivity contribution in [3.63, 3.8) is 0 Å². The molecular weight excluding hydrogens is 350 g/mol. The van der Waals surface area contributed by atoms with E-state index >= 15 is 0 Å². The number of aromatic nitrogens is 2. The van der Waals surface area contributed by atoms with Crippen molar-refractivity contribution in [2.75, 3.05) is 31.1 Å². The number of aromatic hydroxyl groups is 1. The van der Waals surface area contributed by atoms with Crippen LogP contribution in [0.2, 0.25) is 0 Å². The van der Waals surface area contributed by atoms with Gasteiger partial charge in [-0.25, -0.2) is 4.98 Å². The second kappa shape index (κ2) is 7.15. The van der Waals surface area contributed by atoms with Gasteiger partial charge in [0, 0.05) is 31.9 Å². The molecule has 1 saturated heterocycles. The predicted molar refractivity (Wildman–Crippen MR) is 101 cm³/mol. The standard InChI is InChI=1S/C20H22F2N4O/c1-14(19-23-17-4-2-3-5-18(17)26(19)20(21)22)24-10-12-25(13-11-24)15-6-8-16(27)9-7-15/h2-9,14,20,27H,10-13H2,1H3/t14-/m0/s1. The van der Waals surface area contributed by atoms with Gasteiger partial charge in [0.05, 0.1) is 17.1 Å². The highest BCUT2D eigenvalue weighted by Crippen LogP contribution is 2.30. The maximum absolute atomic E-state index is 13.7. The molecule has 0 amide bonds. The number of anilines is 1. The minimum Gasteiger partial charge on any atom is -0.508 e. The van der Waals surface area contributed by atoms with Gasteiger partial charge in [-0.1, -0.05) is 12.1 Å². The molecule has 4 rings (SSSR count). The lowest BCUT2D eigenvalue weighted by molar-refractivity contribution is 0.0641. The number of para-hydroxylation sites is 2. The number of fused-ring (bicyclic) bond motifs is 1. The predicted octanol–water partition coefficient (Wildman–Crippen LogP) is 4.02. The molecule has 0 saturated carbocycles. The first-order valence-electron chi connectivity index (χ1n) is 9.07. The van der Waals surface area contributed by atoms with Gasteiger partial charge in [0.1, 0.15) is 11.6 Å². The van der Waals surface area contributed by atoms with Crippen LogP contribution in [0.5, 0.6) is 5.75 Å². The zero-order valence-corrected chi connectivity index (χ0v) is 15.1. The summed E-state index contributed by atoms with van der Waals surface area (Å²) in [5.74, 6) is 0.654. The quantitative estimate of drug-likeness (QED) is 0.751. The van der Waals surface area contributed by atoms with Gasteiger partial charge in [-0.3, -0.25) is 9.47 Å². The lowest BCUT2D eigenvalue weighted by atomic mass is 10.2. The minimum atomic E-state index is -2.62. The molecule has 0 aliphatic carbocycles. The van der Waals surface area contributed by atoms with Gasteiger partial charge in [0.2, 0.25) is 0 Å². The smallest absolute Gasteiger partial charge is 0.320 e. The summed E-state index contributed by atoms with van der Waals surface area (Å²) in [6, 6.07) is 14.0. The molecule has 2 aromatic carbocycles. The van der Waals surface area contributed by atoms with Gasteiger partial charge in [0.15, 0.2) is 0 Å². The molecule has 1 aliphatic rings. The Kier molecular flexibility index (Phi) is 4.70. The van der Waals surface area contributed by atoms with E-state index in [0.29, 0.717) is 16.9 Å². The van der Waals surface area contributed by atoms with Gasteiger partial charge in [-0.2, -0.15) is 8.78 Å². The molecule has 5 nitrogen and oxygen atoms in total. The average Bonchev–Trinajstić information content (AvgIpc) is 3.08. The zero-order valence-electron chi connectivity index (χ0n) is 15.1. The minimum absolute atomic E-state index is 0.201. The third kappa shape index (κ3) is 3.35. The van der Waals surface area contributed by atoms with Crippen LogP contribution >= 0.6 is 0 Å². The Morgan fingerprint density at radius 1 is 0.963 bits per heavy atom. The van der Waals surface area contributed by atoms with E-state index in [1.54, 1.807) is 30.3 Å². The van der Waals surface area contributed by atoms with Gasteiger partial charge in [-0.05, 0) is 43.3 Å². The number of alkyl halides is 2.